The van der Waals surface area contributed by atoms with Crippen LogP contribution in [0, 0.1) is 0 Å². The minimum Gasteiger partial charge on any atom is -0.105 e. The monoisotopic (exact) mass is 304 g/mol. The van der Waals surface area contributed by atoms with Gasteiger partial charge < -0.3 is 0 Å². The van der Waals surface area contributed by atoms with Gasteiger partial charge in [0.25, 0.3) is 0 Å². The Hall–Kier alpha value is 0.137. The maximum absolute atomic E-state index is 3.71. The van der Waals surface area contributed by atoms with Crippen LogP contribution in [0.1, 0.15) is 5.56 Å². The largest absolute Gasteiger partial charge is 0.227 e. The number of rotatable bonds is 2. The molecular formula is C9H10Br2Si. The molecule has 0 aliphatic heterocycles. The molecule has 0 radical (unpaired) electrons. The summed E-state index contributed by atoms with van der Waals surface area (Å²) in [6, 6.07) is 8.42. The zero-order valence-corrected chi connectivity index (χ0v) is 11.0. The predicted molar refractivity (Wildman–Crippen MR) is 65.6 cm³/mol. The molecule has 0 bridgehead atoms. The molecular weight excluding hydrogens is 296 g/mol. The van der Waals surface area contributed by atoms with E-state index in [9.17, 15) is 0 Å². The fourth-order valence-corrected chi connectivity index (χ4v) is 3.25. The molecule has 0 saturated heterocycles. The summed E-state index contributed by atoms with van der Waals surface area (Å²) in [5, 5.41) is -0.137. The lowest BCUT2D eigenvalue weighted by Gasteiger charge is -2.11. The molecule has 0 heterocycles. The van der Waals surface area contributed by atoms with Gasteiger partial charge in [0.15, 0.2) is 0 Å². The Morgan fingerprint density at radius 1 is 1.25 bits per heavy atom. The molecule has 1 aromatic rings. The van der Waals surface area contributed by atoms with E-state index in [-0.39, 0.29) is 0 Å². The Balaban J connectivity index is 3.00. The van der Waals surface area contributed by atoms with Crippen LogP contribution in [-0.2, 0) is 0 Å². The van der Waals surface area contributed by atoms with Crippen molar-refractivity contribution in [1.82, 2.24) is 0 Å². The maximum Gasteiger partial charge on any atom is 0.227 e. The van der Waals surface area contributed by atoms with Gasteiger partial charge in [-0.2, -0.15) is 0 Å². The number of benzene rings is 1. The summed E-state index contributed by atoms with van der Waals surface area (Å²) in [4.78, 5) is 0. The fourth-order valence-electron chi connectivity index (χ4n) is 0.912. The number of hydrogen-bond donors (Lipinski definition) is 0. The molecule has 1 aromatic carbocycles. The molecule has 0 atom stereocenters. The van der Waals surface area contributed by atoms with Gasteiger partial charge in [0.2, 0.25) is 5.31 Å². The van der Waals surface area contributed by atoms with Crippen LogP contribution in [0.2, 0.25) is 6.55 Å². The van der Waals surface area contributed by atoms with Gasteiger partial charge in [-0.05, 0) is 17.3 Å². The van der Waals surface area contributed by atoms with Crippen LogP contribution in [-0.4, -0.2) is 5.31 Å². The van der Waals surface area contributed by atoms with E-state index in [1.54, 1.807) is 0 Å². The quantitative estimate of drug-likeness (QED) is 0.580. The lowest BCUT2D eigenvalue weighted by atomic mass is 10.2. The van der Waals surface area contributed by atoms with Gasteiger partial charge in [-0.1, -0.05) is 36.9 Å². The second-order valence-electron chi connectivity index (χ2n) is 2.71. The standard InChI is InChI=1S/C9H10Br2Si/c1-3-8-4-6-9(7-5-8)12(2,10)11/h3-7H,1H2,2H3. The average molecular weight is 306 g/mol. The van der Waals surface area contributed by atoms with E-state index >= 15 is 0 Å². The minimum atomic E-state index is -1.48. The summed E-state index contributed by atoms with van der Waals surface area (Å²) in [7, 11) is 0. The molecule has 0 aliphatic carbocycles. The third-order valence-corrected chi connectivity index (χ3v) is 5.75. The van der Waals surface area contributed by atoms with Gasteiger partial charge in [0.05, 0.1) is 0 Å². The van der Waals surface area contributed by atoms with Crippen molar-refractivity contribution in [2.45, 2.75) is 6.55 Å². The topological polar surface area (TPSA) is 0 Å². The van der Waals surface area contributed by atoms with Gasteiger partial charge in [0, 0.05) is 0 Å². The second-order valence-corrected chi connectivity index (χ2v) is 17.8. The molecule has 0 unspecified atom stereocenters. The van der Waals surface area contributed by atoms with E-state index in [1.165, 1.54) is 5.19 Å². The van der Waals surface area contributed by atoms with Crippen LogP contribution < -0.4 is 5.19 Å². The molecule has 0 fully saturated rings. The van der Waals surface area contributed by atoms with Crippen LogP contribution in [0.15, 0.2) is 30.8 Å². The Labute approximate surface area is 89.9 Å². The van der Waals surface area contributed by atoms with Crippen molar-refractivity contribution in [2.75, 3.05) is 0 Å². The molecule has 0 aliphatic rings. The average Bonchev–Trinajstić information content (AvgIpc) is 2.03. The minimum absolute atomic E-state index is 1.16. The van der Waals surface area contributed by atoms with E-state index in [4.69, 9.17) is 0 Å². The Bertz CT molecular complexity index is 272. The first kappa shape index (κ1) is 10.2. The smallest absolute Gasteiger partial charge is 0.105 e. The predicted octanol–water partition coefficient (Wildman–Crippen LogP) is 3.40. The van der Waals surface area contributed by atoms with Crippen LogP contribution >= 0.6 is 30.6 Å². The normalized spacial score (nSPS) is 11.2. The highest BCUT2D eigenvalue weighted by molar-refractivity contribution is 9.51. The summed E-state index contributed by atoms with van der Waals surface area (Å²) in [6.07, 6.45) is 1.85. The molecule has 0 nitrogen and oxygen atoms in total. The van der Waals surface area contributed by atoms with Crippen LogP contribution in [0.5, 0.6) is 0 Å². The highest BCUT2D eigenvalue weighted by Gasteiger charge is 2.21. The third kappa shape index (κ3) is 2.57. The highest BCUT2D eigenvalue weighted by atomic mass is 79.9. The summed E-state index contributed by atoms with van der Waals surface area (Å²) in [6.45, 7) is 5.90. The maximum atomic E-state index is 3.71. The molecule has 1 rings (SSSR count). The van der Waals surface area contributed by atoms with Gasteiger partial charge in [-0.3, -0.25) is 0 Å². The van der Waals surface area contributed by atoms with Crippen LogP contribution in [0.25, 0.3) is 6.08 Å². The van der Waals surface area contributed by atoms with Crippen molar-refractivity contribution in [3.05, 3.63) is 36.4 Å². The van der Waals surface area contributed by atoms with Crippen LogP contribution in [0.4, 0.5) is 0 Å². The van der Waals surface area contributed by atoms with Crippen molar-refractivity contribution in [3.63, 3.8) is 0 Å². The van der Waals surface area contributed by atoms with Crippen molar-refractivity contribution in [3.8, 4) is 0 Å². The van der Waals surface area contributed by atoms with E-state index in [1.807, 2.05) is 6.08 Å². The zero-order valence-electron chi connectivity index (χ0n) is 6.85. The lowest BCUT2D eigenvalue weighted by molar-refractivity contribution is 1.70. The summed E-state index contributed by atoms with van der Waals surface area (Å²) in [5.41, 5.74) is 1.16. The summed E-state index contributed by atoms with van der Waals surface area (Å²) >= 11 is 7.33. The number of hydrogen-bond acceptors (Lipinski definition) is 0. The molecule has 0 amide bonds. The molecule has 12 heavy (non-hydrogen) atoms. The Kier molecular flexibility index (Phi) is 3.32. The SMILES string of the molecule is C=Cc1ccc([Si](C)(Br)Br)cc1. The van der Waals surface area contributed by atoms with Crippen molar-refractivity contribution in [2.24, 2.45) is 0 Å². The number of halogens is 2. The van der Waals surface area contributed by atoms with E-state index in [0.717, 1.165) is 5.56 Å². The highest BCUT2D eigenvalue weighted by Crippen LogP contribution is 2.19. The zero-order chi connectivity index (χ0) is 9.19. The molecule has 3 heteroatoms. The lowest BCUT2D eigenvalue weighted by Crippen LogP contribution is -2.30. The first-order valence-electron chi connectivity index (χ1n) is 3.65. The fraction of sp³-hybridized carbons (Fsp3) is 0.111. The third-order valence-electron chi connectivity index (χ3n) is 1.65. The molecule has 0 aromatic heterocycles. The Morgan fingerprint density at radius 3 is 2.08 bits per heavy atom. The first-order chi connectivity index (χ1) is 5.54. The Morgan fingerprint density at radius 2 is 1.75 bits per heavy atom. The van der Waals surface area contributed by atoms with Gasteiger partial charge >= 0.3 is 0 Å². The van der Waals surface area contributed by atoms with E-state index < -0.39 is 5.31 Å². The van der Waals surface area contributed by atoms with E-state index in [2.05, 4.69) is 68.0 Å². The molecule has 0 spiro atoms. The molecule has 64 valence electrons. The summed E-state index contributed by atoms with van der Waals surface area (Å²) < 4.78 is 0. The van der Waals surface area contributed by atoms with Crippen molar-refractivity contribution in [1.29, 1.82) is 0 Å². The first-order valence-corrected chi connectivity index (χ1v) is 10.7. The molecule has 0 saturated carbocycles. The second kappa shape index (κ2) is 3.90. The summed E-state index contributed by atoms with van der Waals surface area (Å²) in [5.74, 6) is 0. The van der Waals surface area contributed by atoms with Crippen LogP contribution in [0.3, 0.4) is 0 Å². The van der Waals surface area contributed by atoms with Crippen molar-refractivity contribution < 1.29 is 0 Å². The molecule has 0 N–H and O–H groups in total. The van der Waals surface area contributed by atoms with E-state index in [0.29, 0.717) is 0 Å². The van der Waals surface area contributed by atoms with Gasteiger partial charge in [0.1, 0.15) is 0 Å². The van der Waals surface area contributed by atoms with Gasteiger partial charge in [-0.15, -0.1) is 30.6 Å². The van der Waals surface area contributed by atoms with Crippen molar-refractivity contribution >= 4 is 47.2 Å². The van der Waals surface area contributed by atoms with Gasteiger partial charge in [-0.25, -0.2) is 0 Å².